The van der Waals surface area contributed by atoms with Crippen molar-refractivity contribution in [1.82, 2.24) is 19.4 Å². The van der Waals surface area contributed by atoms with Crippen molar-refractivity contribution in [2.24, 2.45) is 0 Å². The van der Waals surface area contributed by atoms with E-state index >= 15 is 0 Å². The maximum Gasteiger partial charge on any atom is 0.243 e. The summed E-state index contributed by atoms with van der Waals surface area (Å²) in [7, 11) is -3.68. The molecule has 1 N–H and O–H groups in total. The zero-order chi connectivity index (χ0) is 22.6. The first-order chi connectivity index (χ1) is 15.5. The quantitative estimate of drug-likeness (QED) is 0.428. The molecular weight excluding hydrogens is 474 g/mol. The second kappa shape index (κ2) is 10.1. The van der Waals surface area contributed by atoms with Gasteiger partial charge in [0.2, 0.25) is 21.1 Å². The Morgan fingerprint density at radius 1 is 1.19 bits per heavy atom. The van der Waals surface area contributed by atoms with E-state index in [1.165, 1.54) is 39.5 Å². The van der Waals surface area contributed by atoms with Crippen LogP contribution >= 0.6 is 23.1 Å². The third-order valence-corrected chi connectivity index (χ3v) is 8.76. The van der Waals surface area contributed by atoms with Crippen LogP contribution in [0.5, 0.6) is 11.5 Å². The van der Waals surface area contributed by atoms with Crippen molar-refractivity contribution in [1.29, 1.82) is 0 Å². The van der Waals surface area contributed by atoms with Gasteiger partial charge >= 0.3 is 0 Å². The monoisotopic (exact) mass is 497 g/mol. The number of ether oxygens (including phenoxy) is 2. The zero-order valence-corrected chi connectivity index (χ0v) is 19.7. The Balaban J connectivity index is 1.30. The van der Waals surface area contributed by atoms with E-state index in [2.05, 4.69) is 22.1 Å². The van der Waals surface area contributed by atoms with E-state index in [1.54, 1.807) is 17.0 Å². The summed E-state index contributed by atoms with van der Waals surface area (Å²) in [6.07, 6.45) is 1.73. The van der Waals surface area contributed by atoms with Gasteiger partial charge in [-0.05, 0) is 12.1 Å². The Bertz CT molecular complexity index is 1080. The van der Waals surface area contributed by atoms with Gasteiger partial charge in [-0.3, -0.25) is 4.79 Å². The number of anilines is 1. The van der Waals surface area contributed by atoms with Gasteiger partial charge in [-0.25, -0.2) is 8.42 Å². The number of sulfonamides is 1. The largest absolute Gasteiger partial charge is 0.486 e. The Hall–Kier alpha value is -2.35. The second-order valence-electron chi connectivity index (χ2n) is 6.92. The van der Waals surface area contributed by atoms with Crippen LogP contribution in [0.15, 0.2) is 40.1 Å². The van der Waals surface area contributed by atoms with Crippen LogP contribution in [0.1, 0.15) is 0 Å². The molecule has 1 saturated heterocycles. The van der Waals surface area contributed by atoms with E-state index in [4.69, 9.17) is 9.47 Å². The molecule has 0 aliphatic carbocycles. The normalized spacial score (nSPS) is 16.6. The van der Waals surface area contributed by atoms with Crippen LogP contribution in [0.2, 0.25) is 0 Å². The van der Waals surface area contributed by atoms with Crippen molar-refractivity contribution in [2.75, 3.05) is 57.0 Å². The standard InChI is InChI=1S/C19H23N5O5S3/c1-2-5-20-18-21-22-19(31-18)30-13-17(25)23-6-8-24(9-7-23)32(26,27)14-3-4-15-16(12-14)29-11-10-28-15/h2-4,12H,1,5-11,13H2,(H,20,21). The molecule has 1 aromatic carbocycles. The Morgan fingerprint density at radius 2 is 1.94 bits per heavy atom. The Labute approximate surface area is 194 Å². The van der Waals surface area contributed by atoms with Crippen molar-refractivity contribution in [3.05, 3.63) is 30.9 Å². The number of carbonyl (C=O) groups is 1. The molecule has 32 heavy (non-hydrogen) atoms. The van der Waals surface area contributed by atoms with Crippen molar-refractivity contribution >= 4 is 44.2 Å². The molecule has 0 atom stereocenters. The summed E-state index contributed by atoms with van der Waals surface area (Å²) in [5.41, 5.74) is 0. The number of carbonyl (C=O) groups excluding carboxylic acids is 1. The topological polar surface area (TPSA) is 114 Å². The minimum atomic E-state index is -3.68. The number of nitrogens with one attached hydrogen (secondary N) is 1. The van der Waals surface area contributed by atoms with Crippen molar-refractivity contribution in [3.63, 3.8) is 0 Å². The molecule has 1 fully saturated rings. The lowest BCUT2D eigenvalue weighted by Gasteiger charge is -2.34. The van der Waals surface area contributed by atoms with Gasteiger partial charge in [-0.2, -0.15) is 4.31 Å². The van der Waals surface area contributed by atoms with Crippen LogP contribution in [-0.4, -0.2) is 85.4 Å². The molecule has 10 nitrogen and oxygen atoms in total. The molecule has 3 heterocycles. The summed E-state index contributed by atoms with van der Waals surface area (Å²) < 4.78 is 39.1. The number of fused-ring (bicyclic) bond motifs is 1. The molecule has 172 valence electrons. The van der Waals surface area contributed by atoms with Gasteiger partial charge in [0.05, 0.1) is 10.6 Å². The number of hydrogen-bond acceptors (Lipinski definition) is 10. The lowest BCUT2D eigenvalue weighted by atomic mass is 10.3. The molecule has 4 rings (SSSR count). The van der Waals surface area contributed by atoms with Gasteiger partial charge < -0.3 is 19.7 Å². The van der Waals surface area contributed by atoms with Crippen molar-refractivity contribution < 1.29 is 22.7 Å². The van der Waals surface area contributed by atoms with E-state index in [9.17, 15) is 13.2 Å². The number of thioether (sulfide) groups is 1. The number of benzene rings is 1. The molecule has 1 amide bonds. The molecule has 2 aromatic rings. The van der Waals surface area contributed by atoms with Gasteiger partial charge in [0, 0.05) is 38.8 Å². The molecule has 13 heteroatoms. The van der Waals surface area contributed by atoms with Crippen LogP contribution in [-0.2, 0) is 14.8 Å². The summed E-state index contributed by atoms with van der Waals surface area (Å²) in [4.78, 5) is 14.4. The highest BCUT2D eigenvalue weighted by Crippen LogP contribution is 2.33. The summed E-state index contributed by atoms with van der Waals surface area (Å²) in [5.74, 6) is 1.15. The number of rotatable bonds is 8. The number of hydrogen-bond donors (Lipinski definition) is 1. The van der Waals surface area contributed by atoms with Gasteiger partial charge in [-0.1, -0.05) is 29.2 Å². The maximum absolute atomic E-state index is 13.0. The van der Waals surface area contributed by atoms with E-state index in [1.807, 2.05) is 0 Å². The summed E-state index contributed by atoms with van der Waals surface area (Å²) >= 11 is 2.70. The van der Waals surface area contributed by atoms with Crippen LogP contribution < -0.4 is 14.8 Å². The van der Waals surface area contributed by atoms with Crippen LogP contribution in [0.25, 0.3) is 0 Å². The predicted molar refractivity (Wildman–Crippen MR) is 122 cm³/mol. The molecule has 0 saturated carbocycles. The van der Waals surface area contributed by atoms with Crippen LogP contribution in [0.4, 0.5) is 5.13 Å². The van der Waals surface area contributed by atoms with Gasteiger partial charge in [-0.15, -0.1) is 16.8 Å². The Morgan fingerprint density at radius 3 is 2.69 bits per heavy atom. The highest BCUT2D eigenvalue weighted by atomic mass is 32.2. The van der Waals surface area contributed by atoms with E-state index in [0.29, 0.717) is 53.8 Å². The Kier molecular flexibility index (Phi) is 7.18. The first kappa shape index (κ1) is 22.8. The average Bonchev–Trinajstić information content (AvgIpc) is 3.28. The van der Waals surface area contributed by atoms with Gasteiger partial charge in [0.1, 0.15) is 13.2 Å². The smallest absolute Gasteiger partial charge is 0.243 e. The third-order valence-electron chi connectivity index (χ3n) is 4.87. The van der Waals surface area contributed by atoms with Crippen molar-refractivity contribution in [2.45, 2.75) is 9.24 Å². The molecule has 0 radical (unpaired) electrons. The summed E-state index contributed by atoms with van der Waals surface area (Å²) in [5, 5.41) is 11.8. The summed E-state index contributed by atoms with van der Waals surface area (Å²) in [6, 6.07) is 4.64. The van der Waals surface area contributed by atoms with Gasteiger partial charge in [0.25, 0.3) is 0 Å². The molecule has 0 bridgehead atoms. The van der Waals surface area contributed by atoms with E-state index in [-0.39, 0.29) is 29.6 Å². The first-order valence-corrected chi connectivity index (χ1v) is 13.2. The first-order valence-electron chi connectivity index (χ1n) is 9.96. The minimum absolute atomic E-state index is 0.0535. The minimum Gasteiger partial charge on any atom is -0.486 e. The molecule has 2 aliphatic rings. The fraction of sp³-hybridized carbons (Fsp3) is 0.421. The van der Waals surface area contributed by atoms with E-state index in [0.717, 1.165) is 0 Å². The number of amides is 1. The lowest BCUT2D eigenvalue weighted by Crippen LogP contribution is -2.50. The lowest BCUT2D eigenvalue weighted by molar-refractivity contribution is -0.129. The SMILES string of the molecule is C=CCNc1nnc(SCC(=O)N2CCN(S(=O)(=O)c3ccc4c(c3)OCCO4)CC2)s1. The third kappa shape index (κ3) is 5.17. The summed E-state index contributed by atoms with van der Waals surface area (Å²) in [6.45, 7) is 6.22. The van der Waals surface area contributed by atoms with Crippen LogP contribution in [0, 0.1) is 0 Å². The number of piperazine rings is 1. The zero-order valence-electron chi connectivity index (χ0n) is 17.2. The fourth-order valence-corrected chi connectivity index (χ4v) is 6.32. The fourth-order valence-electron chi connectivity index (χ4n) is 3.22. The molecule has 1 aromatic heterocycles. The highest BCUT2D eigenvalue weighted by Gasteiger charge is 2.31. The average molecular weight is 498 g/mol. The molecule has 2 aliphatic heterocycles. The predicted octanol–water partition coefficient (Wildman–Crippen LogP) is 1.53. The van der Waals surface area contributed by atoms with Crippen LogP contribution in [0.3, 0.4) is 0 Å². The molecule has 0 spiro atoms. The van der Waals surface area contributed by atoms with Crippen molar-refractivity contribution in [3.8, 4) is 11.5 Å². The van der Waals surface area contributed by atoms with E-state index < -0.39 is 10.0 Å². The second-order valence-corrected chi connectivity index (χ2v) is 11.1. The highest BCUT2D eigenvalue weighted by molar-refractivity contribution is 8.01. The van der Waals surface area contributed by atoms with Gasteiger partial charge in [0.15, 0.2) is 15.8 Å². The number of aromatic nitrogens is 2. The number of nitrogens with zero attached hydrogens (tertiary/aromatic N) is 4. The molecular formula is C19H23N5O5S3. The molecule has 0 unspecified atom stereocenters. The maximum atomic E-state index is 13.0.